The Morgan fingerprint density at radius 2 is 2.62 bits per heavy atom. The van der Waals surface area contributed by atoms with Crippen molar-refractivity contribution in [3.63, 3.8) is 0 Å². The molecule has 2 atom stereocenters. The van der Waals surface area contributed by atoms with Gasteiger partial charge in [0.05, 0.1) is 6.61 Å². The third-order valence-electron chi connectivity index (χ3n) is 0.922. The van der Waals surface area contributed by atoms with Gasteiger partial charge in [0, 0.05) is 11.8 Å². The van der Waals surface area contributed by atoms with Gasteiger partial charge < -0.3 is 9.84 Å². The smallest absolute Gasteiger partial charge is 0.125 e. The van der Waals surface area contributed by atoms with Gasteiger partial charge in [-0.3, -0.25) is 0 Å². The standard InChI is InChI=1S/C4H7BO2S/c5-3-2-8-4(1-6)7-3/h3-4,6H,1-2H2/t3-,4+/m0/s1. The number of rotatable bonds is 1. The molecule has 0 amide bonds. The van der Waals surface area contributed by atoms with Crippen molar-refractivity contribution in [2.24, 2.45) is 0 Å². The van der Waals surface area contributed by atoms with Crippen LogP contribution in [0.5, 0.6) is 0 Å². The number of aliphatic hydroxyl groups excluding tert-OH is 1. The first-order valence-corrected chi connectivity index (χ1v) is 3.51. The molecular formula is C4H7BO2S. The maximum Gasteiger partial charge on any atom is 0.125 e. The summed E-state index contributed by atoms with van der Waals surface area (Å²) >= 11 is 1.55. The summed E-state index contributed by atoms with van der Waals surface area (Å²) in [6.07, 6.45) is 0. The Bertz CT molecular complexity index is 80.4. The lowest BCUT2D eigenvalue weighted by molar-refractivity contribution is 0.0725. The molecule has 0 aromatic rings. The molecule has 1 rings (SSSR count). The highest BCUT2D eigenvalue weighted by Crippen LogP contribution is 2.22. The molecule has 8 heavy (non-hydrogen) atoms. The summed E-state index contributed by atoms with van der Waals surface area (Å²) in [7, 11) is 5.35. The minimum Gasteiger partial charge on any atom is -0.393 e. The second-order valence-electron chi connectivity index (χ2n) is 1.62. The van der Waals surface area contributed by atoms with Crippen LogP contribution in [0.1, 0.15) is 0 Å². The molecule has 2 radical (unpaired) electrons. The first kappa shape index (κ1) is 6.45. The van der Waals surface area contributed by atoms with Gasteiger partial charge in [-0.2, -0.15) is 0 Å². The van der Waals surface area contributed by atoms with Crippen LogP contribution in [0.2, 0.25) is 0 Å². The van der Waals surface area contributed by atoms with Crippen molar-refractivity contribution >= 4 is 19.6 Å². The average Bonchev–Trinajstić information content (AvgIpc) is 2.14. The zero-order valence-corrected chi connectivity index (χ0v) is 5.23. The zero-order chi connectivity index (χ0) is 5.98. The molecule has 0 aromatic carbocycles. The van der Waals surface area contributed by atoms with Crippen molar-refractivity contribution in [1.82, 2.24) is 0 Å². The lowest BCUT2D eigenvalue weighted by Crippen LogP contribution is -2.13. The highest BCUT2D eigenvalue weighted by Gasteiger charge is 2.20. The van der Waals surface area contributed by atoms with E-state index < -0.39 is 0 Å². The van der Waals surface area contributed by atoms with E-state index in [1.165, 1.54) is 0 Å². The second-order valence-corrected chi connectivity index (χ2v) is 2.81. The molecule has 0 aliphatic carbocycles. The lowest BCUT2D eigenvalue weighted by atomic mass is 10.0. The van der Waals surface area contributed by atoms with Crippen LogP contribution < -0.4 is 0 Å². The first-order valence-electron chi connectivity index (χ1n) is 2.46. The van der Waals surface area contributed by atoms with E-state index in [-0.39, 0.29) is 18.0 Å². The molecule has 0 spiro atoms. The fourth-order valence-corrected chi connectivity index (χ4v) is 1.38. The number of hydrogen-bond donors (Lipinski definition) is 1. The highest BCUT2D eigenvalue weighted by atomic mass is 32.2. The Morgan fingerprint density at radius 3 is 2.88 bits per heavy atom. The van der Waals surface area contributed by atoms with Crippen molar-refractivity contribution in [3.8, 4) is 0 Å². The first-order chi connectivity index (χ1) is 3.83. The Morgan fingerprint density at radius 1 is 1.88 bits per heavy atom. The van der Waals surface area contributed by atoms with Crippen molar-refractivity contribution in [2.45, 2.75) is 11.4 Å². The molecule has 2 nitrogen and oxygen atoms in total. The van der Waals surface area contributed by atoms with Crippen LogP contribution in [0, 0.1) is 0 Å². The Hall–Kier alpha value is 0.335. The van der Waals surface area contributed by atoms with Crippen molar-refractivity contribution in [1.29, 1.82) is 0 Å². The average molecular weight is 130 g/mol. The van der Waals surface area contributed by atoms with Crippen molar-refractivity contribution in [3.05, 3.63) is 0 Å². The Balaban J connectivity index is 2.22. The van der Waals surface area contributed by atoms with E-state index in [4.69, 9.17) is 17.7 Å². The van der Waals surface area contributed by atoms with Crippen LogP contribution in [0.4, 0.5) is 0 Å². The minimum absolute atomic E-state index is 0.0678. The summed E-state index contributed by atoms with van der Waals surface area (Å²) in [5.41, 5.74) is -0.0787. The van der Waals surface area contributed by atoms with E-state index in [0.717, 1.165) is 5.75 Å². The van der Waals surface area contributed by atoms with Crippen LogP contribution in [0.25, 0.3) is 0 Å². The molecule has 44 valence electrons. The summed E-state index contributed by atoms with van der Waals surface area (Å²) in [4.78, 5) is 0. The van der Waals surface area contributed by atoms with E-state index in [2.05, 4.69) is 0 Å². The van der Waals surface area contributed by atoms with Crippen LogP contribution in [0.15, 0.2) is 0 Å². The van der Waals surface area contributed by atoms with E-state index in [1.54, 1.807) is 11.8 Å². The number of thioether (sulfide) groups is 1. The summed E-state index contributed by atoms with van der Waals surface area (Å²) in [5.74, 6) is 0.797. The molecule has 0 bridgehead atoms. The quantitative estimate of drug-likeness (QED) is 0.488. The fourth-order valence-electron chi connectivity index (χ4n) is 0.571. The van der Waals surface area contributed by atoms with Crippen molar-refractivity contribution < 1.29 is 9.84 Å². The maximum absolute atomic E-state index is 8.48. The van der Waals surface area contributed by atoms with Gasteiger partial charge in [0.25, 0.3) is 0 Å². The SMILES string of the molecule is [B][C@@H]1CS[C@H](CO)O1. The largest absolute Gasteiger partial charge is 0.393 e. The second kappa shape index (κ2) is 2.76. The summed E-state index contributed by atoms with van der Waals surface area (Å²) in [5, 5.41) is 8.48. The summed E-state index contributed by atoms with van der Waals surface area (Å²) in [6.45, 7) is 0.0678. The van der Waals surface area contributed by atoms with E-state index >= 15 is 0 Å². The van der Waals surface area contributed by atoms with Crippen molar-refractivity contribution in [2.75, 3.05) is 12.4 Å². The fraction of sp³-hybridized carbons (Fsp3) is 1.00. The molecule has 4 heteroatoms. The van der Waals surface area contributed by atoms with Gasteiger partial charge in [-0.1, -0.05) is 0 Å². The molecule has 0 unspecified atom stereocenters. The maximum atomic E-state index is 8.48. The molecule has 1 fully saturated rings. The monoisotopic (exact) mass is 130 g/mol. The predicted octanol–water partition coefficient (Wildman–Crippen LogP) is -0.437. The summed E-state index contributed by atoms with van der Waals surface area (Å²) in [6, 6.07) is -0.169. The molecule has 1 aliphatic heterocycles. The topological polar surface area (TPSA) is 29.5 Å². The van der Waals surface area contributed by atoms with Gasteiger partial charge >= 0.3 is 0 Å². The predicted molar refractivity (Wildman–Crippen MR) is 34.0 cm³/mol. The molecule has 1 aliphatic rings. The third-order valence-corrected chi connectivity index (χ3v) is 2.07. The van der Waals surface area contributed by atoms with Gasteiger partial charge in [0.2, 0.25) is 0 Å². The van der Waals surface area contributed by atoms with E-state index in [0.29, 0.717) is 0 Å². The van der Waals surface area contributed by atoms with Crippen LogP contribution in [-0.2, 0) is 4.74 Å². The lowest BCUT2D eigenvalue weighted by Gasteiger charge is -2.04. The van der Waals surface area contributed by atoms with Gasteiger partial charge in [0.1, 0.15) is 13.3 Å². The zero-order valence-electron chi connectivity index (χ0n) is 4.41. The van der Waals surface area contributed by atoms with Crippen LogP contribution in [0.3, 0.4) is 0 Å². The molecule has 1 saturated heterocycles. The van der Waals surface area contributed by atoms with Gasteiger partial charge in [-0.15, -0.1) is 11.8 Å². The van der Waals surface area contributed by atoms with Gasteiger partial charge in [-0.25, -0.2) is 0 Å². The highest BCUT2D eigenvalue weighted by molar-refractivity contribution is 8.00. The minimum atomic E-state index is -0.169. The Labute approximate surface area is 54.0 Å². The van der Waals surface area contributed by atoms with Gasteiger partial charge in [0.15, 0.2) is 0 Å². The Kier molecular flexibility index (Phi) is 2.22. The molecule has 1 heterocycles. The van der Waals surface area contributed by atoms with Crippen LogP contribution >= 0.6 is 11.8 Å². The molecule has 0 aromatic heterocycles. The normalized spacial score (nSPS) is 38.1. The third kappa shape index (κ3) is 1.40. The van der Waals surface area contributed by atoms with E-state index in [1.807, 2.05) is 0 Å². The molecule has 0 saturated carbocycles. The molecular weight excluding hydrogens is 123 g/mol. The number of aliphatic hydroxyl groups is 1. The molecule has 1 N–H and O–H groups in total. The van der Waals surface area contributed by atoms with E-state index in [9.17, 15) is 0 Å². The van der Waals surface area contributed by atoms with Gasteiger partial charge in [-0.05, 0) is 0 Å². The van der Waals surface area contributed by atoms with Crippen LogP contribution in [-0.4, -0.2) is 36.8 Å². The number of hydrogen-bond acceptors (Lipinski definition) is 3. The summed E-state index contributed by atoms with van der Waals surface area (Å²) < 4.78 is 5.00. The number of ether oxygens (including phenoxy) is 1.